The predicted molar refractivity (Wildman–Crippen MR) is 80.5 cm³/mol. The Hall–Kier alpha value is -2.37. The number of piperazine rings is 1. The minimum atomic E-state index is -0.265. The number of rotatable bonds is 1. The van der Waals surface area contributed by atoms with Crippen LogP contribution in [-0.2, 0) is 4.74 Å². The number of aromatic nitrogens is 2. The lowest BCUT2D eigenvalue weighted by Gasteiger charge is -2.35. The summed E-state index contributed by atoms with van der Waals surface area (Å²) in [6.45, 7) is 4.85. The Bertz CT molecular complexity index is 661. The lowest BCUT2D eigenvalue weighted by Crippen LogP contribution is -2.49. The zero-order chi connectivity index (χ0) is 14.8. The normalized spacial score (nSPS) is 15.3. The van der Waals surface area contributed by atoms with Gasteiger partial charge in [-0.3, -0.25) is 0 Å². The Balaban J connectivity index is 1.88. The van der Waals surface area contributed by atoms with Crippen molar-refractivity contribution in [3.8, 4) is 0 Å². The molecule has 2 heterocycles. The molecule has 0 atom stereocenters. The van der Waals surface area contributed by atoms with Crippen LogP contribution >= 0.6 is 0 Å². The molecule has 0 N–H and O–H groups in total. The van der Waals surface area contributed by atoms with E-state index in [1.54, 1.807) is 11.2 Å². The topological polar surface area (TPSA) is 58.6 Å². The van der Waals surface area contributed by atoms with Crippen molar-refractivity contribution in [2.24, 2.45) is 0 Å². The van der Waals surface area contributed by atoms with Crippen LogP contribution in [0.1, 0.15) is 5.56 Å². The zero-order valence-electron chi connectivity index (χ0n) is 12.2. The maximum atomic E-state index is 11.5. The molecule has 0 bridgehead atoms. The molecule has 21 heavy (non-hydrogen) atoms. The van der Waals surface area contributed by atoms with Crippen LogP contribution in [0.5, 0.6) is 0 Å². The van der Waals surface area contributed by atoms with Crippen LogP contribution in [-0.4, -0.2) is 54.2 Å². The lowest BCUT2D eigenvalue weighted by atomic mass is 10.1. The van der Waals surface area contributed by atoms with Gasteiger partial charge >= 0.3 is 6.09 Å². The Kier molecular flexibility index (Phi) is 3.60. The van der Waals surface area contributed by atoms with Crippen molar-refractivity contribution in [1.29, 1.82) is 0 Å². The molecule has 1 fully saturated rings. The molecule has 2 aromatic rings. The first kappa shape index (κ1) is 13.6. The number of nitrogens with zero attached hydrogens (tertiary/aromatic N) is 4. The van der Waals surface area contributed by atoms with E-state index in [1.165, 1.54) is 12.7 Å². The van der Waals surface area contributed by atoms with Gasteiger partial charge in [0.1, 0.15) is 12.1 Å². The number of carbonyl (C=O) groups is 1. The van der Waals surface area contributed by atoms with E-state index in [4.69, 9.17) is 4.74 Å². The molecule has 1 aliphatic heterocycles. The maximum absolute atomic E-state index is 11.5. The largest absolute Gasteiger partial charge is 0.453 e. The Morgan fingerprint density at radius 1 is 1.19 bits per heavy atom. The third kappa shape index (κ3) is 2.49. The number of benzene rings is 1. The average Bonchev–Trinajstić information content (AvgIpc) is 2.54. The number of hydrogen-bond acceptors (Lipinski definition) is 5. The number of anilines is 1. The van der Waals surface area contributed by atoms with Gasteiger partial charge in [0, 0.05) is 31.6 Å². The molecular weight excluding hydrogens is 268 g/mol. The summed E-state index contributed by atoms with van der Waals surface area (Å²) < 4.78 is 4.76. The number of aryl methyl sites for hydroxylation is 1. The number of methoxy groups -OCH3 is 1. The summed E-state index contributed by atoms with van der Waals surface area (Å²) in [5.41, 5.74) is 2.12. The molecule has 1 saturated heterocycles. The molecule has 1 aliphatic rings. The summed E-state index contributed by atoms with van der Waals surface area (Å²) in [4.78, 5) is 24.2. The molecule has 1 amide bonds. The van der Waals surface area contributed by atoms with Gasteiger partial charge in [0.05, 0.1) is 12.6 Å². The van der Waals surface area contributed by atoms with Gasteiger partial charge in [0.15, 0.2) is 0 Å². The van der Waals surface area contributed by atoms with Gasteiger partial charge in [-0.25, -0.2) is 14.8 Å². The van der Waals surface area contributed by atoms with E-state index < -0.39 is 0 Å². The second-order valence-electron chi connectivity index (χ2n) is 5.11. The first-order chi connectivity index (χ1) is 10.2. The highest BCUT2D eigenvalue weighted by atomic mass is 16.5. The van der Waals surface area contributed by atoms with Crippen molar-refractivity contribution in [1.82, 2.24) is 14.9 Å². The van der Waals surface area contributed by atoms with E-state index in [-0.39, 0.29) is 6.09 Å². The summed E-state index contributed by atoms with van der Waals surface area (Å²) in [5.74, 6) is 0.947. The molecule has 1 aromatic heterocycles. The van der Waals surface area contributed by atoms with E-state index in [0.717, 1.165) is 29.8 Å². The van der Waals surface area contributed by atoms with Crippen LogP contribution in [0.2, 0.25) is 0 Å². The van der Waals surface area contributed by atoms with Crippen LogP contribution in [0.25, 0.3) is 10.9 Å². The van der Waals surface area contributed by atoms with Gasteiger partial charge in [-0.15, -0.1) is 0 Å². The summed E-state index contributed by atoms with van der Waals surface area (Å²) in [6, 6.07) is 6.07. The molecule has 0 unspecified atom stereocenters. The van der Waals surface area contributed by atoms with Gasteiger partial charge in [0.2, 0.25) is 0 Å². The Morgan fingerprint density at radius 2 is 1.95 bits per heavy atom. The molecule has 0 saturated carbocycles. The number of carbonyl (C=O) groups excluding carboxylic acids is 1. The first-order valence-corrected chi connectivity index (χ1v) is 6.99. The fourth-order valence-electron chi connectivity index (χ4n) is 2.73. The van der Waals surface area contributed by atoms with E-state index in [9.17, 15) is 4.79 Å². The van der Waals surface area contributed by atoms with Crippen LogP contribution in [0.4, 0.5) is 10.6 Å². The lowest BCUT2D eigenvalue weighted by molar-refractivity contribution is 0.121. The van der Waals surface area contributed by atoms with Gasteiger partial charge in [-0.05, 0) is 18.6 Å². The molecule has 0 radical (unpaired) electrons. The van der Waals surface area contributed by atoms with Crippen LogP contribution in [0, 0.1) is 6.92 Å². The highest BCUT2D eigenvalue weighted by Gasteiger charge is 2.23. The van der Waals surface area contributed by atoms with Gasteiger partial charge in [0.25, 0.3) is 0 Å². The second-order valence-corrected chi connectivity index (χ2v) is 5.11. The minimum Gasteiger partial charge on any atom is -0.453 e. The maximum Gasteiger partial charge on any atom is 0.409 e. The molecule has 0 spiro atoms. The fourth-order valence-corrected chi connectivity index (χ4v) is 2.73. The van der Waals surface area contributed by atoms with Crippen molar-refractivity contribution in [2.75, 3.05) is 38.2 Å². The van der Waals surface area contributed by atoms with E-state index >= 15 is 0 Å². The van der Waals surface area contributed by atoms with Crippen molar-refractivity contribution >= 4 is 22.8 Å². The highest BCUT2D eigenvalue weighted by molar-refractivity contribution is 5.92. The van der Waals surface area contributed by atoms with Crippen molar-refractivity contribution in [2.45, 2.75) is 6.92 Å². The Morgan fingerprint density at radius 3 is 2.67 bits per heavy atom. The van der Waals surface area contributed by atoms with Crippen LogP contribution in [0.15, 0.2) is 24.5 Å². The van der Waals surface area contributed by atoms with Crippen LogP contribution < -0.4 is 4.90 Å². The van der Waals surface area contributed by atoms with Gasteiger partial charge in [-0.1, -0.05) is 12.1 Å². The standard InChI is InChI=1S/C15H18N4O2/c1-11-4-3-5-12-13(11)14(17-10-16-12)18-6-8-19(9-7-18)15(20)21-2/h3-5,10H,6-9H2,1-2H3. The quantitative estimate of drug-likeness (QED) is 0.800. The van der Waals surface area contributed by atoms with Gasteiger partial charge < -0.3 is 14.5 Å². The SMILES string of the molecule is COC(=O)N1CCN(c2ncnc3cccc(C)c23)CC1. The number of ether oxygens (including phenoxy) is 1. The molecule has 3 rings (SSSR count). The zero-order valence-corrected chi connectivity index (χ0v) is 12.2. The van der Waals surface area contributed by atoms with Crippen molar-refractivity contribution in [3.63, 3.8) is 0 Å². The summed E-state index contributed by atoms with van der Waals surface area (Å²) in [7, 11) is 1.41. The number of fused-ring (bicyclic) bond motifs is 1. The van der Waals surface area contributed by atoms with Crippen LogP contribution in [0.3, 0.4) is 0 Å². The fraction of sp³-hybridized carbons (Fsp3) is 0.400. The van der Waals surface area contributed by atoms with Gasteiger partial charge in [-0.2, -0.15) is 0 Å². The van der Waals surface area contributed by atoms with Crippen molar-refractivity contribution in [3.05, 3.63) is 30.1 Å². The number of amides is 1. The molecule has 1 aromatic carbocycles. The summed E-state index contributed by atoms with van der Waals surface area (Å²) in [5, 5.41) is 1.09. The predicted octanol–water partition coefficient (Wildman–Crippen LogP) is 1.83. The summed E-state index contributed by atoms with van der Waals surface area (Å²) in [6.07, 6.45) is 1.34. The molecule has 110 valence electrons. The third-order valence-corrected chi connectivity index (χ3v) is 3.86. The number of hydrogen-bond donors (Lipinski definition) is 0. The molecule has 6 heteroatoms. The Labute approximate surface area is 123 Å². The second kappa shape index (κ2) is 5.55. The van der Waals surface area contributed by atoms with E-state index in [0.29, 0.717) is 13.1 Å². The average molecular weight is 286 g/mol. The van der Waals surface area contributed by atoms with E-state index in [2.05, 4.69) is 27.9 Å². The highest BCUT2D eigenvalue weighted by Crippen LogP contribution is 2.26. The first-order valence-electron chi connectivity index (χ1n) is 6.99. The molecule has 6 nitrogen and oxygen atoms in total. The van der Waals surface area contributed by atoms with Crippen molar-refractivity contribution < 1.29 is 9.53 Å². The monoisotopic (exact) mass is 286 g/mol. The van der Waals surface area contributed by atoms with E-state index in [1.807, 2.05) is 12.1 Å². The molecule has 0 aliphatic carbocycles. The smallest absolute Gasteiger partial charge is 0.409 e. The molecular formula is C15H18N4O2. The minimum absolute atomic E-state index is 0.265. The third-order valence-electron chi connectivity index (χ3n) is 3.86. The summed E-state index contributed by atoms with van der Waals surface area (Å²) >= 11 is 0.